The van der Waals surface area contributed by atoms with Crippen LogP contribution in [0.1, 0.15) is 44.2 Å². The number of hydrogen-bond donors (Lipinski definition) is 1. The van der Waals surface area contributed by atoms with Crippen molar-refractivity contribution in [1.82, 2.24) is 0 Å². The van der Waals surface area contributed by atoms with Crippen molar-refractivity contribution in [1.29, 1.82) is 0 Å². The van der Waals surface area contributed by atoms with Crippen molar-refractivity contribution in [2.45, 2.75) is 51.6 Å². The summed E-state index contributed by atoms with van der Waals surface area (Å²) in [5.41, 5.74) is 1.39. The number of aliphatic carboxylic acids is 1. The molecule has 0 bridgehead atoms. The summed E-state index contributed by atoms with van der Waals surface area (Å²) in [6.45, 7) is 5.77. The number of carboxylic acid groups (broad SMARTS) is 1. The Labute approximate surface area is 118 Å². The normalized spacial score (nSPS) is 15.4. The number of hydrogen-bond acceptors (Lipinski definition) is 2. The molecule has 104 valence electrons. The molecule has 1 aromatic carbocycles. The maximum atomic E-state index is 11.0. The van der Waals surface area contributed by atoms with Crippen molar-refractivity contribution >= 4 is 17.6 Å². The molecule has 1 fully saturated rings. The van der Waals surface area contributed by atoms with Crippen LogP contribution in [0.15, 0.2) is 12.1 Å². The molecule has 4 heteroatoms. The molecule has 2 rings (SSSR count). The minimum Gasteiger partial charge on any atom is -0.489 e. The van der Waals surface area contributed by atoms with Crippen LogP contribution in [0.25, 0.3) is 0 Å². The molecule has 0 heterocycles. The van der Waals surface area contributed by atoms with Crippen LogP contribution in [-0.4, -0.2) is 17.2 Å². The van der Waals surface area contributed by atoms with E-state index in [0.29, 0.717) is 10.8 Å². The lowest BCUT2D eigenvalue weighted by molar-refractivity contribution is -0.138. The summed E-state index contributed by atoms with van der Waals surface area (Å²) in [6, 6.07) is 3.84. The summed E-state index contributed by atoms with van der Waals surface area (Å²) in [5, 5.41) is 9.63. The first-order valence-corrected chi connectivity index (χ1v) is 6.86. The van der Waals surface area contributed by atoms with Gasteiger partial charge in [-0.25, -0.2) is 0 Å². The van der Waals surface area contributed by atoms with Gasteiger partial charge in [0, 0.05) is 11.0 Å². The molecule has 0 aromatic heterocycles. The number of benzene rings is 1. The Morgan fingerprint density at radius 2 is 2.11 bits per heavy atom. The maximum Gasteiger partial charge on any atom is 0.304 e. The van der Waals surface area contributed by atoms with E-state index in [2.05, 4.69) is 0 Å². The third kappa shape index (κ3) is 3.41. The molecule has 0 radical (unpaired) electrons. The second kappa shape index (κ2) is 5.04. The fraction of sp³-hybridized carbons (Fsp3) is 0.533. The van der Waals surface area contributed by atoms with Gasteiger partial charge in [-0.2, -0.15) is 0 Å². The molecule has 1 aromatic rings. The first kappa shape index (κ1) is 14.2. The van der Waals surface area contributed by atoms with E-state index in [1.807, 2.05) is 32.9 Å². The van der Waals surface area contributed by atoms with Crippen LogP contribution in [0.4, 0.5) is 0 Å². The van der Waals surface area contributed by atoms with E-state index in [9.17, 15) is 4.79 Å². The fourth-order valence-corrected chi connectivity index (χ4v) is 2.50. The smallest absolute Gasteiger partial charge is 0.304 e. The first-order chi connectivity index (χ1) is 8.79. The molecule has 1 aliphatic carbocycles. The number of ether oxygens (including phenoxy) is 1. The van der Waals surface area contributed by atoms with E-state index in [4.69, 9.17) is 21.4 Å². The van der Waals surface area contributed by atoms with Gasteiger partial charge in [-0.1, -0.05) is 31.5 Å². The van der Waals surface area contributed by atoms with Crippen molar-refractivity contribution in [3.63, 3.8) is 0 Å². The standard InChI is InChI=1S/C15H19ClO3/c1-9-6-11(15(2,3)8-13(17)18)14(12(16)7-9)19-10-4-5-10/h6-7,10H,4-5,8H2,1-3H3,(H,17,18). The highest BCUT2D eigenvalue weighted by molar-refractivity contribution is 6.32. The minimum atomic E-state index is -0.819. The predicted molar refractivity (Wildman–Crippen MR) is 75.1 cm³/mol. The summed E-state index contributed by atoms with van der Waals surface area (Å²) in [5.74, 6) is -0.166. The fourth-order valence-electron chi connectivity index (χ4n) is 2.18. The largest absolute Gasteiger partial charge is 0.489 e. The second-order valence-electron chi connectivity index (χ2n) is 5.90. The zero-order valence-corrected chi connectivity index (χ0v) is 12.3. The highest BCUT2D eigenvalue weighted by Gasteiger charge is 2.32. The van der Waals surface area contributed by atoms with Crippen LogP contribution in [-0.2, 0) is 10.2 Å². The minimum absolute atomic E-state index is 0.0494. The predicted octanol–water partition coefficient (Wildman–Crippen LogP) is 3.94. The average molecular weight is 283 g/mol. The number of rotatable bonds is 5. The molecule has 0 amide bonds. The third-order valence-electron chi connectivity index (χ3n) is 3.32. The quantitative estimate of drug-likeness (QED) is 0.890. The van der Waals surface area contributed by atoms with Gasteiger partial charge in [-0.05, 0) is 31.4 Å². The molecule has 0 atom stereocenters. The zero-order valence-electron chi connectivity index (χ0n) is 11.5. The third-order valence-corrected chi connectivity index (χ3v) is 3.60. The second-order valence-corrected chi connectivity index (χ2v) is 6.30. The molecule has 0 unspecified atom stereocenters. The Hall–Kier alpha value is -1.22. The molecular weight excluding hydrogens is 264 g/mol. The monoisotopic (exact) mass is 282 g/mol. The van der Waals surface area contributed by atoms with E-state index >= 15 is 0 Å². The molecule has 1 N–H and O–H groups in total. The first-order valence-electron chi connectivity index (χ1n) is 6.48. The van der Waals surface area contributed by atoms with E-state index < -0.39 is 11.4 Å². The van der Waals surface area contributed by atoms with Gasteiger partial charge in [-0.15, -0.1) is 0 Å². The van der Waals surface area contributed by atoms with E-state index in [0.717, 1.165) is 24.0 Å². The van der Waals surface area contributed by atoms with Crippen LogP contribution in [0.3, 0.4) is 0 Å². The van der Waals surface area contributed by atoms with Crippen LogP contribution in [0.5, 0.6) is 5.75 Å². The van der Waals surface area contributed by atoms with Crippen molar-refractivity contribution < 1.29 is 14.6 Å². The Kier molecular flexibility index (Phi) is 3.77. The van der Waals surface area contributed by atoms with Gasteiger partial charge < -0.3 is 9.84 Å². The summed E-state index contributed by atoms with van der Waals surface area (Å²) >= 11 is 6.28. The highest BCUT2D eigenvalue weighted by atomic mass is 35.5. The average Bonchev–Trinajstić information content (AvgIpc) is 3.03. The Morgan fingerprint density at radius 3 is 2.63 bits per heavy atom. The van der Waals surface area contributed by atoms with Gasteiger partial charge in [-0.3, -0.25) is 4.79 Å². The van der Waals surface area contributed by atoms with Crippen molar-refractivity contribution in [2.24, 2.45) is 0 Å². The van der Waals surface area contributed by atoms with E-state index in [1.54, 1.807) is 0 Å². The molecule has 1 aliphatic rings. The maximum absolute atomic E-state index is 11.0. The summed E-state index contributed by atoms with van der Waals surface area (Å²) in [4.78, 5) is 11.0. The SMILES string of the molecule is Cc1cc(Cl)c(OC2CC2)c(C(C)(C)CC(=O)O)c1. The van der Waals surface area contributed by atoms with Crippen LogP contribution < -0.4 is 4.74 Å². The van der Waals surface area contributed by atoms with E-state index in [1.165, 1.54) is 0 Å². The summed E-state index contributed by atoms with van der Waals surface area (Å²) < 4.78 is 5.89. The van der Waals surface area contributed by atoms with Crippen molar-refractivity contribution in [3.8, 4) is 5.75 Å². The molecular formula is C15H19ClO3. The van der Waals surface area contributed by atoms with Crippen molar-refractivity contribution in [2.75, 3.05) is 0 Å². The van der Waals surface area contributed by atoms with Gasteiger partial charge in [0.25, 0.3) is 0 Å². The molecule has 0 saturated heterocycles. The van der Waals surface area contributed by atoms with Gasteiger partial charge >= 0.3 is 5.97 Å². The lowest BCUT2D eigenvalue weighted by Gasteiger charge is -2.27. The molecule has 3 nitrogen and oxygen atoms in total. The highest BCUT2D eigenvalue weighted by Crippen LogP contribution is 2.42. The van der Waals surface area contributed by atoms with Crippen LogP contribution in [0, 0.1) is 6.92 Å². The summed E-state index contributed by atoms with van der Waals surface area (Å²) in [6.07, 6.45) is 2.37. The van der Waals surface area contributed by atoms with Crippen LogP contribution >= 0.6 is 11.6 Å². The Morgan fingerprint density at radius 1 is 1.47 bits per heavy atom. The van der Waals surface area contributed by atoms with Gasteiger partial charge in [0.1, 0.15) is 5.75 Å². The Bertz CT molecular complexity index is 504. The number of carboxylic acids is 1. The summed E-state index contributed by atoms with van der Waals surface area (Å²) in [7, 11) is 0. The zero-order chi connectivity index (χ0) is 14.2. The molecule has 19 heavy (non-hydrogen) atoms. The van der Waals surface area contributed by atoms with Gasteiger partial charge in [0.15, 0.2) is 0 Å². The lowest BCUT2D eigenvalue weighted by Crippen LogP contribution is -2.23. The molecule has 0 aliphatic heterocycles. The molecule has 0 spiro atoms. The van der Waals surface area contributed by atoms with Gasteiger partial charge in [0.05, 0.1) is 17.5 Å². The van der Waals surface area contributed by atoms with Crippen molar-refractivity contribution in [3.05, 3.63) is 28.3 Å². The number of carbonyl (C=O) groups is 1. The number of halogens is 1. The number of aryl methyl sites for hydroxylation is 1. The topological polar surface area (TPSA) is 46.5 Å². The van der Waals surface area contributed by atoms with E-state index in [-0.39, 0.29) is 12.5 Å². The Balaban J connectivity index is 2.43. The molecule has 1 saturated carbocycles. The van der Waals surface area contributed by atoms with Crippen LogP contribution in [0.2, 0.25) is 5.02 Å². The van der Waals surface area contributed by atoms with Gasteiger partial charge in [0.2, 0.25) is 0 Å². The lowest BCUT2D eigenvalue weighted by atomic mass is 9.80.